The van der Waals surface area contributed by atoms with Crippen LogP contribution in [0.1, 0.15) is 26.0 Å². The number of carboxylic acids is 1. The molecule has 0 bridgehead atoms. The van der Waals surface area contributed by atoms with Crippen LogP contribution in [0.15, 0.2) is 12.3 Å². The summed E-state index contributed by atoms with van der Waals surface area (Å²) in [4.78, 5) is 11.3. The summed E-state index contributed by atoms with van der Waals surface area (Å²) >= 11 is 0. The first-order valence-corrected chi connectivity index (χ1v) is 4.64. The Kier molecular flexibility index (Phi) is 1.57. The fourth-order valence-electron chi connectivity index (χ4n) is 2.17. The minimum atomic E-state index is -0.763. The molecule has 1 aromatic rings. The van der Waals surface area contributed by atoms with Crippen molar-refractivity contribution in [3.05, 3.63) is 18.0 Å². The Morgan fingerprint density at radius 2 is 2.21 bits per heavy atom. The lowest BCUT2D eigenvalue weighted by atomic mass is 9.93. The highest BCUT2D eigenvalue weighted by molar-refractivity contribution is 5.86. The molecule has 0 aromatic carbocycles. The Bertz CT molecular complexity index is 395. The summed E-state index contributed by atoms with van der Waals surface area (Å²) in [6.07, 6.45) is 2.46. The summed E-state index contributed by atoms with van der Waals surface area (Å²) in [7, 11) is 1.80. The van der Waals surface area contributed by atoms with Crippen molar-refractivity contribution >= 4 is 5.97 Å². The number of carbonyl (C=O) groups is 1. The van der Waals surface area contributed by atoms with Crippen molar-refractivity contribution in [2.75, 3.05) is 0 Å². The second-order valence-electron chi connectivity index (χ2n) is 4.65. The van der Waals surface area contributed by atoms with E-state index in [-0.39, 0.29) is 5.41 Å². The molecule has 1 heterocycles. The molecule has 1 saturated carbocycles. The normalized spacial score (nSPS) is 28.8. The molecule has 1 unspecified atom stereocenters. The summed E-state index contributed by atoms with van der Waals surface area (Å²) in [5.74, 6) is -0.763. The van der Waals surface area contributed by atoms with Crippen molar-refractivity contribution in [2.45, 2.75) is 25.7 Å². The molecule has 14 heavy (non-hydrogen) atoms. The topological polar surface area (TPSA) is 55.1 Å². The molecule has 4 nitrogen and oxygen atoms in total. The van der Waals surface area contributed by atoms with E-state index in [2.05, 4.69) is 5.10 Å². The highest BCUT2D eigenvalue weighted by Gasteiger charge is 2.69. The first-order chi connectivity index (χ1) is 6.40. The number of aryl methyl sites for hydroxylation is 1. The van der Waals surface area contributed by atoms with Gasteiger partial charge in [0.2, 0.25) is 0 Å². The van der Waals surface area contributed by atoms with Crippen molar-refractivity contribution in [1.82, 2.24) is 9.78 Å². The average Bonchev–Trinajstić information content (AvgIpc) is 2.44. The maximum atomic E-state index is 11.3. The predicted octanol–water partition coefficient (Wildman–Crippen LogP) is 1.17. The van der Waals surface area contributed by atoms with Crippen LogP contribution < -0.4 is 0 Å². The molecule has 1 fully saturated rings. The molecule has 0 amide bonds. The lowest BCUT2D eigenvalue weighted by Gasteiger charge is -2.12. The number of rotatable bonds is 2. The molecule has 1 aromatic heterocycles. The zero-order chi connectivity index (χ0) is 10.6. The van der Waals surface area contributed by atoms with E-state index in [1.54, 1.807) is 24.0 Å². The molecule has 0 spiro atoms. The molecule has 1 N–H and O–H groups in total. The Hall–Kier alpha value is -1.32. The van der Waals surface area contributed by atoms with Crippen molar-refractivity contribution in [2.24, 2.45) is 12.5 Å². The van der Waals surface area contributed by atoms with Crippen molar-refractivity contribution in [1.29, 1.82) is 0 Å². The van der Waals surface area contributed by atoms with Crippen LogP contribution in [0.5, 0.6) is 0 Å². The van der Waals surface area contributed by atoms with Crippen LogP contribution in [0.2, 0.25) is 0 Å². The summed E-state index contributed by atoms with van der Waals surface area (Å²) in [5.41, 5.74) is -0.251. The van der Waals surface area contributed by atoms with E-state index in [0.717, 1.165) is 0 Å². The van der Waals surface area contributed by atoms with E-state index in [1.165, 1.54) is 0 Å². The van der Waals surface area contributed by atoms with Gasteiger partial charge in [-0.2, -0.15) is 5.10 Å². The summed E-state index contributed by atoms with van der Waals surface area (Å²) in [6, 6.07) is 1.79. The largest absolute Gasteiger partial charge is 0.481 e. The zero-order valence-electron chi connectivity index (χ0n) is 8.61. The third-order valence-electron chi connectivity index (χ3n) is 3.25. The number of nitrogens with zero attached hydrogens (tertiary/aromatic N) is 2. The third-order valence-corrected chi connectivity index (χ3v) is 3.25. The van der Waals surface area contributed by atoms with Gasteiger partial charge in [-0.3, -0.25) is 9.48 Å². The third kappa shape index (κ3) is 0.937. The van der Waals surface area contributed by atoms with E-state index in [4.69, 9.17) is 0 Å². The number of hydrogen-bond donors (Lipinski definition) is 1. The number of hydrogen-bond acceptors (Lipinski definition) is 2. The second-order valence-corrected chi connectivity index (χ2v) is 4.65. The van der Waals surface area contributed by atoms with Crippen LogP contribution >= 0.6 is 0 Å². The van der Waals surface area contributed by atoms with Crippen LogP contribution in [0, 0.1) is 5.41 Å². The van der Waals surface area contributed by atoms with Crippen LogP contribution in [-0.4, -0.2) is 20.9 Å². The first-order valence-electron chi connectivity index (χ1n) is 4.64. The van der Waals surface area contributed by atoms with Gasteiger partial charge in [0.15, 0.2) is 0 Å². The number of carboxylic acid groups (broad SMARTS) is 1. The molecule has 4 heteroatoms. The standard InChI is InChI=1S/C10H14N2O2/c1-9(2)6-10(9,8(13)14)7-4-5-12(3)11-7/h4-5H,6H2,1-3H3,(H,13,14). The molecule has 0 saturated heterocycles. The predicted molar refractivity (Wildman–Crippen MR) is 50.9 cm³/mol. The van der Waals surface area contributed by atoms with Gasteiger partial charge < -0.3 is 5.11 Å². The van der Waals surface area contributed by atoms with Crippen molar-refractivity contribution in [3.8, 4) is 0 Å². The molecule has 1 atom stereocenters. The lowest BCUT2D eigenvalue weighted by molar-refractivity contribution is -0.141. The Morgan fingerprint density at radius 3 is 2.50 bits per heavy atom. The quantitative estimate of drug-likeness (QED) is 0.769. The van der Waals surface area contributed by atoms with Gasteiger partial charge in [-0.15, -0.1) is 0 Å². The molecule has 0 radical (unpaired) electrons. The van der Waals surface area contributed by atoms with Crippen molar-refractivity contribution < 1.29 is 9.90 Å². The van der Waals surface area contributed by atoms with Gasteiger partial charge in [0.05, 0.1) is 5.69 Å². The van der Waals surface area contributed by atoms with E-state index in [9.17, 15) is 9.90 Å². The van der Waals surface area contributed by atoms with Crippen LogP contribution in [-0.2, 0) is 17.3 Å². The van der Waals surface area contributed by atoms with Gasteiger partial charge in [0.1, 0.15) is 5.41 Å². The minimum absolute atomic E-state index is 0.173. The highest BCUT2D eigenvalue weighted by atomic mass is 16.4. The van der Waals surface area contributed by atoms with Gasteiger partial charge in [0, 0.05) is 13.2 Å². The van der Waals surface area contributed by atoms with Crippen LogP contribution in [0.4, 0.5) is 0 Å². The van der Waals surface area contributed by atoms with Crippen LogP contribution in [0.25, 0.3) is 0 Å². The van der Waals surface area contributed by atoms with Gasteiger partial charge in [-0.1, -0.05) is 13.8 Å². The van der Waals surface area contributed by atoms with E-state index in [0.29, 0.717) is 12.1 Å². The van der Waals surface area contributed by atoms with Gasteiger partial charge in [-0.25, -0.2) is 0 Å². The summed E-state index contributed by atoms with van der Waals surface area (Å²) < 4.78 is 1.65. The maximum Gasteiger partial charge on any atom is 0.316 e. The van der Waals surface area contributed by atoms with Crippen LogP contribution in [0.3, 0.4) is 0 Å². The molecular formula is C10H14N2O2. The summed E-state index contributed by atoms with van der Waals surface area (Å²) in [5, 5.41) is 13.5. The number of aliphatic carboxylic acids is 1. The van der Waals surface area contributed by atoms with E-state index >= 15 is 0 Å². The van der Waals surface area contributed by atoms with Crippen molar-refractivity contribution in [3.63, 3.8) is 0 Å². The first kappa shape index (κ1) is 9.24. The smallest absolute Gasteiger partial charge is 0.316 e. The Labute approximate surface area is 82.5 Å². The monoisotopic (exact) mass is 194 g/mol. The second kappa shape index (κ2) is 2.38. The zero-order valence-corrected chi connectivity index (χ0v) is 8.61. The lowest BCUT2D eigenvalue weighted by Crippen LogP contribution is -2.26. The Morgan fingerprint density at radius 1 is 1.64 bits per heavy atom. The maximum absolute atomic E-state index is 11.3. The number of aromatic nitrogens is 2. The summed E-state index contributed by atoms with van der Waals surface area (Å²) in [6.45, 7) is 3.94. The molecule has 0 aliphatic heterocycles. The van der Waals surface area contributed by atoms with E-state index in [1.807, 2.05) is 13.8 Å². The molecule has 1 aliphatic rings. The molecule has 76 valence electrons. The molecule has 2 rings (SSSR count). The fourth-order valence-corrected chi connectivity index (χ4v) is 2.17. The van der Waals surface area contributed by atoms with Gasteiger partial charge in [0.25, 0.3) is 0 Å². The average molecular weight is 194 g/mol. The highest BCUT2D eigenvalue weighted by Crippen LogP contribution is 2.63. The fraction of sp³-hybridized carbons (Fsp3) is 0.600. The van der Waals surface area contributed by atoms with Gasteiger partial charge in [-0.05, 0) is 17.9 Å². The van der Waals surface area contributed by atoms with Gasteiger partial charge >= 0.3 is 5.97 Å². The Balaban J connectivity index is 2.46. The SMILES string of the molecule is Cn1ccc(C2(C(=O)O)CC2(C)C)n1. The van der Waals surface area contributed by atoms with E-state index < -0.39 is 11.4 Å². The molecular weight excluding hydrogens is 180 g/mol. The molecule has 1 aliphatic carbocycles. The minimum Gasteiger partial charge on any atom is -0.481 e.